The molecule has 1 N–H and O–H groups in total. The van der Waals surface area contributed by atoms with Crippen LogP contribution in [-0.4, -0.2) is 48.5 Å². The van der Waals surface area contributed by atoms with Gasteiger partial charge in [-0.1, -0.05) is 18.2 Å². The quantitative estimate of drug-likeness (QED) is 0.903. The van der Waals surface area contributed by atoms with Gasteiger partial charge in [-0.2, -0.15) is 0 Å². The molecule has 5 nitrogen and oxygen atoms in total. The molecule has 2 rings (SSSR count). The Kier molecular flexibility index (Phi) is 4.39. The highest BCUT2D eigenvalue weighted by atomic mass is 16.6. The molecule has 0 bridgehead atoms. The highest BCUT2D eigenvalue weighted by molar-refractivity contribution is 5.70. The Balaban J connectivity index is 1.88. The first-order chi connectivity index (χ1) is 9.09. The number of hydrogen-bond donors (Lipinski definition) is 1. The van der Waals surface area contributed by atoms with Gasteiger partial charge in [0.1, 0.15) is 5.75 Å². The van der Waals surface area contributed by atoms with Crippen molar-refractivity contribution in [1.29, 1.82) is 0 Å². The number of carbonyl (C=O) groups excluding carboxylic acids is 1. The molecule has 0 saturated carbocycles. The molecule has 1 saturated heterocycles. The van der Waals surface area contributed by atoms with E-state index in [0.29, 0.717) is 31.8 Å². The summed E-state index contributed by atoms with van der Waals surface area (Å²) in [6, 6.07) is 8.89. The standard InChI is InChI=1S/C14H19NO4/c1-15(11-14(17)7-9-18-10-8-14)13(16)19-12-5-3-2-4-6-12/h2-6,17H,7-11H2,1H3. The van der Waals surface area contributed by atoms with Crippen LogP contribution in [0.2, 0.25) is 0 Å². The van der Waals surface area contributed by atoms with Gasteiger partial charge in [-0.05, 0) is 12.1 Å². The van der Waals surface area contributed by atoms with Gasteiger partial charge in [0.2, 0.25) is 0 Å². The van der Waals surface area contributed by atoms with Gasteiger partial charge in [0, 0.05) is 33.1 Å². The predicted octanol–water partition coefficient (Wildman–Crippen LogP) is 1.66. The molecule has 1 amide bonds. The Morgan fingerprint density at radius 2 is 2.00 bits per heavy atom. The van der Waals surface area contributed by atoms with Gasteiger partial charge in [-0.15, -0.1) is 0 Å². The number of likely N-dealkylation sites (N-methyl/N-ethyl adjacent to an activating group) is 1. The molecule has 1 aromatic carbocycles. The van der Waals surface area contributed by atoms with Gasteiger partial charge in [-0.3, -0.25) is 0 Å². The summed E-state index contributed by atoms with van der Waals surface area (Å²) in [6.45, 7) is 1.30. The summed E-state index contributed by atoms with van der Waals surface area (Å²) < 4.78 is 10.4. The highest BCUT2D eigenvalue weighted by Gasteiger charge is 2.32. The van der Waals surface area contributed by atoms with Crippen LogP contribution in [0, 0.1) is 0 Å². The molecule has 1 aliphatic heterocycles. The zero-order valence-corrected chi connectivity index (χ0v) is 11.0. The molecule has 0 atom stereocenters. The van der Waals surface area contributed by atoms with Crippen LogP contribution in [0.4, 0.5) is 4.79 Å². The zero-order chi connectivity index (χ0) is 13.7. The topological polar surface area (TPSA) is 59.0 Å². The minimum atomic E-state index is -0.872. The summed E-state index contributed by atoms with van der Waals surface area (Å²) in [5.41, 5.74) is -0.872. The normalized spacial score (nSPS) is 17.8. The van der Waals surface area contributed by atoms with Gasteiger partial charge in [0.05, 0.1) is 12.1 Å². The number of rotatable bonds is 3. The fourth-order valence-corrected chi connectivity index (χ4v) is 2.08. The molecule has 104 valence electrons. The fraction of sp³-hybridized carbons (Fsp3) is 0.500. The molecule has 1 fully saturated rings. The molecule has 19 heavy (non-hydrogen) atoms. The van der Waals surface area contributed by atoms with Gasteiger partial charge in [-0.25, -0.2) is 4.79 Å². The lowest BCUT2D eigenvalue weighted by Crippen LogP contribution is -2.48. The van der Waals surface area contributed by atoms with Crippen LogP contribution in [-0.2, 0) is 4.74 Å². The third-order valence-corrected chi connectivity index (χ3v) is 3.22. The van der Waals surface area contributed by atoms with Crippen molar-refractivity contribution in [3.8, 4) is 5.75 Å². The molecule has 1 aliphatic rings. The van der Waals surface area contributed by atoms with Crippen LogP contribution in [0.5, 0.6) is 5.75 Å². The maximum atomic E-state index is 11.9. The second-order valence-corrected chi connectivity index (χ2v) is 4.87. The van der Waals surface area contributed by atoms with E-state index in [0.717, 1.165) is 0 Å². The summed E-state index contributed by atoms with van der Waals surface area (Å²) in [7, 11) is 1.62. The van der Waals surface area contributed by atoms with Crippen LogP contribution in [0.25, 0.3) is 0 Å². The third kappa shape index (κ3) is 3.94. The Morgan fingerprint density at radius 3 is 2.63 bits per heavy atom. The van der Waals surface area contributed by atoms with E-state index in [2.05, 4.69) is 0 Å². The van der Waals surface area contributed by atoms with E-state index in [-0.39, 0.29) is 6.54 Å². The number of benzene rings is 1. The smallest absolute Gasteiger partial charge is 0.410 e. The van der Waals surface area contributed by atoms with Crippen molar-refractivity contribution in [1.82, 2.24) is 4.90 Å². The number of nitrogens with zero attached hydrogens (tertiary/aromatic N) is 1. The number of para-hydroxylation sites is 1. The van der Waals surface area contributed by atoms with Crippen LogP contribution < -0.4 is 4.74 Å². The summed E-state index contributed by atoms with van der Waals surface area (Å²) in [4.78, 5) is 13.3. The Hall–Kier alpha value is -1.59. The maximum absolute atomic E-state index is 11.9. The molecular weight excluding hydrogens is 246 g/mol. The number of ether oxygens (including phenoxy) is 2. The molecule has 0 aromatic heterocycles. The zero-order valence-electron chi connectivity index (χ0n) is 11.0. The first-order valence-electron chi connectivity index (χ1n) is 6.37. The van der Waals surface area contributed by atoms with E-state index in [4.69, 9.17) is 9.47 Å². The van der Waals surface area contributed by atoms with Crippen LogP contribution in [0.3, 0.4) is 0 Å². The minimum Gasteiger partial charge on any atom is -0.410 e. The van der Waals surface area contributed by atoms with Gasteiger partial charge in [0.25, 0.3) is 0 Å². The van der Waals surface area contributed by atoms with Crippen LogP contribution in [0.15, 0.2) is 30.3 Å². The van der Waals surface area contributed by atoms with Gasteiger partial charge in [0.15, 0.2) is 0 Å². The Bertz CT molecular complexity index is 415. The van der Waals surface area contributed by atoms with E-state index >= 15 is 0 Å². The lowest BCUT2D eigenvalue weighted by Gasteiger charge is -2.34. The molecule has 0 radical (unpaired) electrons. The largest absolute Gasteiger partial charge is 0.415 e. The monoisotopic (exact) mass is 265 g/mol. The fourth-order valence-electron chi connectivity index (χ4n) is 2.08. The predicted molar refractivity (Wildman–Crippen MR) is 70.1 cm³/mol. The molecule has 1 aromatic rings. The SMILES string of the molecule is CN(CC1(O)CCOCC1)C(=O)Oc1ccccc1. The van der Waals surface area contributed by atoms with Crippen molar-refractivity contribution in [3.63, 3.8) is 0 Å². The first kappa shape index (κ1) is 13.8. The first-order valence-corrected chi connectivity index (χ1v) is 6.37. The summed E-state index contributed by atoms with van der Waals surface area (Å²) in [6.07, 6.45) is 0.609. The van der Waals surface area contributed by atoms with Crippen molar-refractivity contribution < 1.29 is 19.4 Å². The molecule has 5 heteroatoms. The van der Waals surface area contributed by atoms with E-state index in [1.54, 1.807) is 31.3 Å². The van der Waals surface area contributed by atoms with Gasteiger partial charge >= 0.3 is 6.09 Å². The molecular formula is C14H19NO4. The Labute approximate surface area is 112 Å². The van der Waals surface area contributed by atoms with Crippen molar-refractivity contribution in [2.45, 2.75) is 18.4 Å². The summed E-state index contributed by atoms with van der Waals surface area (Å²) >= 11 is 0. The lowest BCUT2D eigenvalue weighted by atomic mass is 9.94. The van der Waals surface area contributed by atoms with Crippen molar-refractivity contribution in [3.05, 3.63) is 30.3 Å². The lowest BCUT2D eigenvalue weighted by molar-refractivity contribution is -0.0737. The molecule has 0 spiro atoms. The average molecular weight is 265 g/mol. The molecule has 0 aliphatic carbocycles. The number of carbonyl (C=O) groups is 1. The van der Waals surface area contributed by atoms with E-state index in [1.807, 2.05) is 6.07 Å². The number of hydrogen-bond acceptors (Lipinski definition) is 4. The van der Waals surface area contributed by atoms with Crippen LogP contribution in [0.1, 0.15) is 12.8 Å². The van der Waals surface area contributed by atoms with Crippen molar-refractivity contribution in [2.75, 3.05) is 26.8 Å². The van der Waals surface area contributed by atoms with E-state index < -0.39 is 11.7 Å². The van der Waals surface area contributed by atoms with E-state index in [9.17, 15) is 9.90 Å². The van der Waals surface area contributed by atoms with Gasteiger partial charge < -0.3 is 19.5 Å². The summed E-state index contributed by atoms with van der Waals surface area (Å²) in [5, 5.41) is 10.3. The molecule has 1 heterocycles. The minimum absolute atomic E-state index is 0.252. The maximum Gasteiger partial charge on any atom is 0.415 e. The average Bonchev–Trinajstić information content (AvgIpc) is 2.40. The summed E-state index contributed by atoms with van der Waals surface area (Å²) in [5.74, 6) is 0.498. The molecule has 0 unspecified atom stereocenters. The third-order valence-electron chi connectivity index (χ3n) is 3.22. The number of aliphatic hydroxyl groups is 1. The van der Waals surface area contributed by atoms with Crippen molar-refractivity contribution in [2.24, 2.45) is 0 Å². The van der Waals surface area contributed by atoms with E-state index in [1.165, 1.54) is 4.90 Å². The highest BCUT2D eigenvalue weighted by Crippen LogP contribution is 2.21. The second-order valence-electron chi connectivity index (χ2n) is 4.87. The second kappa shape index (κ2) is 6.04. The van der Waals surface area contributed by atoms with Crippen LogP contribution >= 0.6 is 0 Å². The number of amides is 1. The van der Waals surface area contributed by atoms with Crippen molar-refractivity contribution >= 4 is 6.09 Å². The Morgan fingerprint density at radius 1 is 1.37 bits per heavy atom.